The molecule has 12 heteroatoms. The van der Waals surface area contributed by atoms with Gasteiger partial charge in [-0.2, -0.15) is 26.3 Å². The molecule has 2 amide bonds. The monoisotopic (exact) mass is 646 g/mol. The van der Waals surface area contributed by atoms with E-state index in [0.29, 0.717) is 23.3 Å². The summed E-state index contributed by atoms with van der Waals surface area (Å²) >= 11 is 0. The molecule has 0 radical (unpaired) electrons. The Labute approximate surface area is 262 Å². The lowest BCUT2D eigenvalue weighted by molar-refractivity contribution is -0.143. The summed E-state index contributed by atoms with van der Waals surface area (Å²) in [7, 11) is 0. The predicted molar refractivity (Wildman–Crippen MR) is 156 cm³/mol. The second-order valence-electron chi connectivity index (χ2n) is 11.5. The second kappa shape index (κ2) is 13.2. The van der Waals surface area contributed by atoms with Crippen molar-refractivity contribution in [2.75, 3.05) is 13.2 Å². The van der Waals surface area contributed by atoms with Crippen LogP contribution in [0.5, 0.6) is 0 Å². The molecule has 244 valence electrons. The molecule has 1 aliphatic heterocycles. The first-order chi connectivity index (χ1) is 21.8. The average molecular weight is 647 g/mol. The summed E-state index contributed by atoms with van der Waals surface area (Å²) < 4.78 is 93.2. The van der Waals surface area contributed by atoms with Crippen LogP contribution in [-0.4, -0.2) is 36.1 Å². The van der Waals surface area contributed by atoms with Crippen LogP contribution in [0.1, 0.15) is 60.1 Å². The molecule has 1 N–H and O–H groups in total. The van der Waals surface area contributed by atoms with Gasteiger partial charge < -0.3 is 14.8 Å². The van der Waals surface area contributed by atoms with Gasteiger partial charge in [-0.05, 0) is 61.1 Å². The van der Waals surface area contributed by atoms with Gasteiger partial charge in [-0.15, -0.1) is 0 Å². The molecule has 5 rings (SSSR count). The van der Waals surface area contributed by atoms with Crippen LogP contribution in [0.4, 0.5) is 31.1 Å². The van der Waals surface area contributed by atoms with Gasteiger partial charge in [-0.1, -0.05) is 66.7 Å². The largest absolute Gasteiger partial charge is 0.445 e. The Morgan fingerprint density at radius 3 is 2.07 bits per heavy atom. The highest BCUT2D eigenvalue weighted by molar-refractivity contribution is 5.95. The maximum Gasteiger partial charge on any atom is 0.416 e. The lowest BCUT2D eigenvalue weighted by Crippen LogP contribution is -2.56. The summed E-state index contributed by atoms with van der Waals surface area (Å²) in [5, 5.41) is 2.91. The molecular weight excluding hydrogens is 614 g/mol. The second-order valence-corrected chi connectivity index (χ2v) is 11.5. The molecule has 0 aromatic heterocycles. The van der Waals surface area contributed by atoms with Gasteiger partial charge in [0.15, 0.2) is 0 Å². The first-order valence-corrected chi connectivity index (χ1v) is 14.7. The Kier molecular flexibility index (Phi) is 9.48. The highest BCUT2D eigenvalue weighted by Gasteiger charge is 2.46. The minimum Gasteiger partial charge on any atom is -0.445 e. The van der Waals surface area contributed by atoms with Gasteiger partial charge in [0, 0.05) is 11.6 Å². The maximum atomic E-state index is 13.8. The Hall–Kier alpha value is -4.32. The number of nitrogens with one attached hydrogen (secondary N) is 1. The molecule has 0 spiro atoms. The zero-order valence-electron chi connectivity index (χ0n) is 24.8. The van der Waals surface area contributed by atoms with E-state index in [9.17, 15) is 35.9 Å². The predicted octanol–water partition coefficient (Wildman–Crippen LogP) is 7.94. The van der Waals surface area contributed by atoms with Gasteiger partial charge in [0.2, 0.25) is 5.91 Å². The molecule has 2 aliphatic rings. The Morgan fingerprint density at radius 2 is 1.50 bits per heavy atom. The molecule has 1 aliphatic carbocycles. The number of ether oxygens (including phenoxy) is 2. The Balaban J connectivity index is 1.49. The first-order valence-electron chi connectivity index (χ1n) is 14.7. The number of alkyl halides is 6. The van der Waals surface area contributed by atoms with Crippen LogP contribution < -0.4 is 5.32 Å². The van der Waals surface area contributed by atoms with Gasteiger partial charge in [-0.3, -0.25) is 9.69 Å². The van der Waals surface area contributed by atoms with Gasteiger partial charge in [-0.25, -0.2) is 4.79 Å². The van der Waals surface area contributed by atoms with E-state index in [4.69, 9.17) is 9.47 Å². The summed E-state index contributed by atoms with van der Waals surface area (Å²) in [4.78, 5) is 28.2. The number of carbonyl (C=O) groups excluding carboxylic acids is 2. The van der Waals surface area contributed by atoms with Crippen molar-refractivity contribution in [1.82, 2.24) is 10.2 Å². The number of rotatable bonds is 9. The minimum atomic E-state index is -5.02. The van der Waals surface area contributed by atoms with E-state index in [1.165, 1.54) is 11.8 Å². The van der Waals surface area contributed by atoms with Crippen molar-refractivity contribution in [2.24, 2.45) is 0 Å². The first kappa shape index (κ1) is 33.1. The van der Waals surface area contributed by atoms with E-state index in [2.05, 4.69) is 5.32 Å². The molecule has 1 heterocycles. The van der Waals surface area contributed by atoms with Crippen molar-refractivity contribution in [1.29, 1.82) is 0 Å². The van der Waals surface area contributed by atoms with E-state index in [0.717, 1.165) is 18.4 Å². The molecule has 3 aromatic carbocycles. The molecule has 2 atom stereocenters. The zero-order chi connectivity index (χ0) is 33.1. The van der Waals surface area contributed by atoms with E-state index in [1.807, 2.05) is 6.07 Å². The van der Waals surface area contributed by atoms with Gasteiger partial charge in [0.25, 0.3) is 0 Å². The molecule has 6 nitrogen and oxygen atoms in total. The fraction of sp³-hybridized carbons (Fsp3) is 0.353. The third-order valence-corrected chi connectivity index (χ3v) is 8.12. The molecule has 1 saturated carbocycles. The van der Waals surface area contributed by atoms with Gasteiger partial charge in [0.05, 0.1) is 35.9 Å². The molecule has 1 unspecified atom stereocenters. The third kappa shape index (κ3) is 7.72. The molecule has 3 aromatic rings. The van der Waals surface area contributed by atoms with Crippen molar-refractivity contribution < 1.29 is 45.4 Å². The van der Waals surface area contributed by atoms with Crippen molar-refractivity contribution in [3.8, 4) is 0 Å². The number of amides is 2. The van der Waals surface area contributed by atoms with E-state index < -0.39 is 41.2 Å². The van der Waals surface area contributed by atoms with Crippen LogP contribution in [0, 0.1) is 0 Å². The van der Waals surface area contributed by atoms with Crippen molar-refractivity contribution >= 4 is 12.0 Å². The number of benzene rings is 3. The van der Waals surface area contributed by atoms with Crippen LogP contribution >= 0.6 is 0 Å². The summed E-state index contributed by atoms with van der Waals surface area (Å²) in [6.45, 7) is 0.778. The molecule has 0 bridgehead atoms. The van der Waals surface area contributed by atoms with E-state index in [1.54, 1.807) is 60.7 Å². The lowest BCUT2D eigenvalue weighted by Gasteiger charge is -2.46. The van der Waals surface area contributed by atoms with Gasteiger partial charge >= 0.3 is 18.4 Å². The van der Waals surface area contributed by atoms with Crippen LogP contribution in [0.2, 0.25) is 0 Å². The van der Waals surface area contributed by atoms with Crippen molar-refractivity contribution in [2.45, 2.75) is 62.8 Å². The number of hydrogen-bond donors (Lipinski definition) is 1. The van der Waals surface area contributed by atoms with E-state index in [-0.39, 0.29) is 49.8 Å². The van der Waals surface area contributed by atoms with Crippen LogP contribution in [0.15, 0.2) is 90.5 Å². The highest BCUT2D eigenvalue weighted by Crippen LogP contribution is 2.41. The molecular formula is C34H32F6N2O4. The summed E-state index contributed by atoms with van der Waals surface area (Å²) in [6, 6.07) is 19.0. The van der Waals surface area contributed by atoms with Crippen LogP contribution in [0.25, 0.3) is 0 Å². The Morgan fingerprint density at radius 1 is 0.913 bits per heavy atom. The van der Waals surface area contributed by atoms with Crippen molar-refractivity contribution in [3.05, 3.63) is 118 Å². The quantitative estimate of drug-likeness (QED) is 0.240. The molecule has 0 saturated heterocycles. The normalized spacial score (nSPS) is 19.3. The number of carbonyl (C=O) groups is 2. The van der Waals surface area contributed by atoms with Crippen molar-refractivity contribution in [3.63, 3.8) is 0 Å². The highest BCUT2D eigenvalue weighted by atomic mass is 19.4. The number of hydrogen-bond acceptors (Lipinski definition) is 4. The van der Waals surface area contributed by atoms with E-state index >= 15 is 0 Å². The Bertz CT molecular complexity index is 1540. The molecule has 1 fully saturated rings. The van der Waals surface area contributed by atoms with Crippen LogP contribution in [-0.2, 0) is 38.8 Å². The fourth-order valence-corrected chi connectivity index (χ4v) is 5.31. The summed E-state index contributed by atoms with van der Waals surface area (Å²) in [5.74, 6) is -0.331. The van der Waals surface area contributed by atoms with Crippen LogP contribution in [0.3, 0.4) is 0 Å². The summed E-state index contributed by atoms with van der Waals surface area (Å²) in [5.41, 5.74) is -2.93. The third-order valence-electron chi connectivity index (χ3n) is 8.12. The SMILES string of the molecule is CC(OC[C@@]1(c2ccccc2)CC=C(C(=O)NC2CC2)CN1C(=O)OCc1ccccc1)c1cc(C(F)(F)F)cc(C(F)(F)F)c1. The smallest absolute Gasteiger partial charge is 0.416 e. The maximum absolute atomic E-state index is 13.8. The van der Waals surface area contributed by atoms with Gasteiger partial charge in [0.1, 0.15) is 6.61 Å². The fourth-order valence-electron chi connectivity index (χ4n) is 5.31. The number of halogens is 6. The standard InChI is InChI=1S/C34H32F6N2O4/c1-22(25-16-27(33(35,36)37)18-28(17-25)34(38,39)40)46-21-32(26-10-6-3-7-11-26)15-14-24(30(43)41-29-12-13-29)19-42(32)31(44)45-20-23-8-4-2-5-9-23/h2-11,14,16-18,22,29H,12-13,15,19-21H2,1H3,(H,41,43)/t22?,32-/m1/s1. The molecule has 46 heavy (non-hydrogen) atoms. The average Bonchev–Trinajstić information content (AvgIpc) is 3.86. The number of nitrogens with zero attached hydrogens (tertiary/aromatic N) is 1. The topological polar surface area (TPSA) is 67.9 Å². The lowest BCUT2D eigenvalue weighted by atomic mass is 9.81. The summed E-state index contributed by atoms with van der Waals surface area (Å²) in [6.07, 6.45) is -8.60. The minimum absolute atomic E-state index is 0.0610. The zero-order valence-corrected chi connectivity index (χ0v) is 24.8.